The first-order chi connectivity index (χ1) is 9.87. The molecule has 0 aromatic carbocycles. The largest absolute Gasteiger partial charge is 0.369 e. The van der Waals surface area contributed by atoms with Crippen LogP contribution in [0.5, 0.6) is 0 Å². The van der Waals surface area contributed by atoms with Gasteiger partial charge in [0.05, 0.1) is 24.4 Å². The Bertz CT molecular complexity index is 558. The number of aromatic nitrogens is 2. The fourth-order valence-electron chi connectivity index (χ4n) is 3.14. The van der Waals surface area contributed by atoms with Crippen LogP contribution in [0.2, 0.25) is 0 Å². The van der Waals surface area contributed by atoms with Crippen LogP contribution >= 0.6 is 0 Å². The summed E-state index contributed by atoms with van der Waals surface area (Å²) in [4.78, 5) is 13.7. The number of halogens is 2. The maximum absolute atomic E-state index is 13.5. The lowest BCUT2D eigenvalue weighted by Gasteiger charge is -2.32. The molecule has 3 heterocycles. The van der Waals surface area contributed by atoms with Crippen LogP contribution in [-0.4, -0.2) is 46.1 Å². The normalized spacial score (nSPS) is 28.3. The van der Waals surface area contributed by atoms with E-state index in [0.29, 0.717) is 19.4 Å². The molecule has 0 saturated carbocycles. The number of hydrogen-bond donors (Lipinski definition) is 1. The molecule has 1 fully saturated rings. The van der Waals surface area contributed by atoms with Crippen molar-refractivity contribution in [3.8, 4) is 0 Å². The summed E-state index contributed by atoms with van der Waals surface area (Å²) in [5, 5.41) is 6.89. The molecule has 1 aromatic rings. The molecule has 0 bridgehead atoms. The summed E-state index contributed by atoms with van der Waals surface area (Å²) in [6.07, 6.45) is 0.556. The number of fused-ring (bicyclic) bond motifs is 1. The van der Waals surface area contributed by atoms with Gasteiger partial charge < -0.3 is 9.64 Å². The summed E-state index contributed by atoms with van der Waals surface area (Å²) in [6, 6.07) is 0. The zero-order valence-corrected chi connectivity index (χ0v) is 12.2. The van der Waals surface area contributed by atoms with E-state index < -0.39 is 18.4 Å². The van der Waals surface area contributed by atoms with Crippen LogP contribution in [0, 0.1) is 0 Å². The van der Waals surface area contributed by atoms with E-state index in [2.05, 4.69) is 10.2 Å². The van der Waals surface area contributed by atoms with E-state index in [1.165, 1.54) is 4.90 Å². The molecule has 2 atom stereocenters. The van der Waals surface area contributed by atoms with Gasteiger partial charge in [0, 0.05) is 24.9 Å². The Morgan fingerprint density at radius 1 is 1.48 bits per heavy atom. The molecule has 1 aromatic heterocycles. The number of alkyl halides is 2. The van der Waals surface area contributed by atoms with E-state index in [0.717, 1.165) is 11.3 Å². The molecule has 1 amide bonds. The molecule has 3 rings (SSSR count). The highest BCUT2D eigenvalue weighted by Gasteiger charge is 2.39. The second kappa shape index (κ2) is 5.05. The van der Waals surface area contributed by atoms with Crippen molar-refractivity contribution in [2.24, 2.45) is 0 Å². The van der Waals surface area contributed by atoms with Crippen LogP contribution in [0.4, 0.5) is 8.78 Å². The van der Waals surface area contributed by atoms with Crippen molar-refractivity contribution in [3.05, 3.63) is 17.0 Å². The van der Waals surface area contributed by atoms with Crippen molar-refractivity contribution in [2.45, 2.75) is 51.2 Å². The van der Waals surface area contributed by atoms with Crippen molar-refractivity contribution in [1.82, 2.24) is 15.1 Å². The van der Waals surface area contributed by atoms with Gasteiger partial charge in [0.1, 0.15) is 0 Å². The van der Waals surface area contributed by atoms with E-state index in [1.807, 2.05) is 13.8 Å². The minimum atomic E-state index is -2.80. The topological polar surface area (TPSA) is 58.2 Å². The van der Waals surface area contributed by atoms with Crippen molar-refractivity contribution in [3.63, 3.8) is 0 Å². The van der Waals surface area contributed by atoms with Gasteiger partial charge in [0.2, 0.25) is 0 Å². The molecule has 7 heteroatoms. The highest BCUT2D eigenvalue weighted by atomic mass is 19.3. The quantitative estimate of drug-likeness (QED) is 0.865. The number of nitrogens with one attached hydrogen (secondary N) is 1. The first-order valence-corrected chi connectivity index (χ1v) is 7.27. The highest BCUT2D eigenvalue weighted by molar-refractivity contribution is 5.94. The number of H-pyrrole nitrogens is 1. The average Bonchev–Trinajstić information content (AvgIpc) is 2.80. The number of aromatic amines is 1. The summed E-state index contributed by atoms with van der Waals surface area (Å²) in [6.45, 7) is 3.65. The van der Waals surface area contributed by atoms with Crippen LogP contribution < -0.4 is 0 Å². The molecule has 5 nitrogen and oxygen atoms in total. The van der Waals surface area contributed by atoms with Crippen LogP contribution in [0.15, 0.2) is 0 Å². The van der Waals surface area contributed by atoms with Gasteiger partial charge in [-0.1, -0.05) is 0 Å². The number of rotatable bonds is 1. The number of piperidine rings is 1. The van der Waals surface area contributed by atoms with Crippen molar-refractivity contribution in [2.75, 3.05) is 13.1 Å². The van der Waals surface area contributed by atoms with Crippen molar-refractivity contribution in [1.29, 1.82) is 0 Å². The maximum atomic E-state index is 13.5. The van der Waals surface area contributed by atoms with Gasteiger partial charge in [-0.15, -0.1) is 0 Å². The summed E-state index contributed by atoms with van der Waals surface area (Å²) in [5.74, 6) is -3.21. The Morgan fingerprint density at radius 3 is 2.95 bits per heavy atom. The zero-order chi connectivity index (χ0) is 15.2. The van der Waals surface area contributed by atoms with Gasteiger partial charge in [-0.2, -0.15) is 5.10 Å². The standard InChI is InChI=1S/C14H19F2N3O2/c1-8-6-10-11(9(2)21-8)17-18-12(10)13(20)19-5-3-4-14(15,16)7-19/h8-9H,3-7H2,1-2H3,(H,17,18)/t8-,9+/m1/s1. The molecule has 0 spiro atoms. The first-order valence-electron chi connectivity index (χ1n) is 7.27. The second-order valence-electron chi connectivity index (χ2n) is 5.94. The second-order valence-corrected chi connectivity index (χ2v) is 5.94. The Morgan fingerprint density at radius 2 is 2.24 bits per heavy atom. The van der Waals surface area contributed by atoms with Crippen molar-refractivity contribution < 1.29 is 18.3 Å². The summed E-state index contributed by atoms with van der Waals surface area (Å²) >= 11 is 0. The maximum Gasteiger partial charge on any atom is 0.274 e. The predicted molar refractivity (Wildman–Crippen MR) is 71.3 cm³/mol. The third-order valence-electron chi connectivity index (χ3n) is 4.12. The monoisotopic (exact) mass is 299 g/mol. The molecule has 1 saturated heterocycles. The minimum absolute atomic E-state index is 0.0144. The number of carbonyl (C=O) groups is 1. The molecule has 0 aliphatic carbocycles. The third kappa shape index (κ3) is 2.66. The predicted octanol–water partition coefficient (Wildman–Crippen LogP) is 2.30. The zero-order valence-electron chi connectivity index (χ0n) is 12.2. The lowest BCUT2D eigenvalue weighted by atomic mass is 9.98. The van der Waals surface area contributed by atoms with Gasteiger partial charge >= 0.3 is 0 Å². The number of carbonyl (C=O) groups excluding carboxylic acids is 1. The molecule has 21 heavy (non-hydrogen) atoms. The number of likely N-dealkylation sites (tertiary alicyclic amines) is 1. The molecular formula is C14H19F2N3O2. The van der Waals surface area contributed by atoms with E-state index >= 15 is 0 Å². The summed E-state index contributed by atoms with van der Waals surface area (Å²) < 4.78 is 32.6. The summed E-state index contributed by atoms with van der Waals surface area (Å²) in [7, 11) is 0. The summed E-state index contributed by atoms with van der Waals surface area (Å²) in [5.41, 5.74) is 1.85. The van der Waals surface area contributed by atoms with Gasteiger partial charge in [-0.3, -0.25) is 9.89 Å². The Balaban J connectivity index is 1.86. The molecule has 0 unspecified atom stereocenters. The number of nitrogens with zero attached hydrogens (tertiary/aromatic N) is 2. The fourth-order valence-corrected chi connectivity index (χ4v) is 3.14. The lowest BCUT2D eigenvalue weighted by molar-refractivity contribution is -0.0562. The van der Waals surface area contributed by atoms with Gasteiger partial charge in [0.25, 0.3) is 11.8 Å². The Kier molecular flexibility index (Phi) is 3.47. The smallest absolute Gasteiger partial charge is 0.274 e. The van der Waals surface area contributed by atoms with Crippen molar-refractivity contribution >= 4 is 5.91 Å². The van der Waals surface area contributed by atoms with Crippen LogP contribution in [0.3, 0.4) is 0 Å². The average molecular weight is 299 g/mol. The number of ether oxygens (including phenoxy) is 1. The van der Waals surface area contributed by atoms with Gasteiger partial charge in [0.15, 0.2) is 5.69 Å². The fraction of sp³-hybridized carbons (Fsp3) is 0.714. The lowest BCUT2D eigenvalue weighted by Crippen LogP contribution is -2.46. The van der Waals surface area contributed by atoms with E-state index in [1.54, 1.807) is 0 Å². The molecule has 116 valence electrons. The highest BCUT2D eigenvalue weighted by Crippen LogP contribution is 2.32. The SMILES string of the molecule is C[C@@H]1Cc2c(C(=O)N3CCCC(F)(F)C3)n[nH]c2[C@H](C)O1. The Hall–Kier alpha value is -1.50. The van der Waals surface area contributed by atoms with Gasteiger partial charge in [-0.05, 0) is 20.3 Å². The first kappa shape index (κ1) is 14.4. The Labute approximate surface area is 121 Å². The molecule has 0 radical (unpaired) electrons. The molecular weight excluding hydrogens is 280 g/mol. The van der Waals surface area contributed by atoms with E-state index in [9.17, 15) is 13.6 Å². The number of amides is 1. The minimum Gasteiger partial charge on any atom is -0.369 e. The molecule has 2 aliphatic rings. The molecule has 1 N–H and O–H groups in total. The third-order valence-corrected chi connectivity index (χ3v) is 4.12. The van der Waals surface area contributed by atoms with E-state index in [4.69, 9.17) is 4.74 Å². The van der Waals surface area contributed by atoms with E-state index in [-0.39, 0.29) is 24.3 Å². The number of hydrogen-bond acceptors (Lipinski definition) is 3. The van der Waals surface area contributed by atoms with Gasteiger partial charge in [-0.25, -0.2) is 8.78 Å². The van der Waals surface area contributed by atoms with Crippen LogP contribution in [0.1, 0.15) is 54.5 Å². The molecule has 2 aliphatic heterocycles. The van der Waals surface area contributed by atoms with Crippen LogP contribution in [0.25, 0.3) is 0 Å². The van der Waals surface area contributed by atoms with Crippen LogP contribution in [-0.2, 0) is 11.2 Å².